The lowest BCUT2D eigenvalue weighted by molar-refractivity contribution is -0.117. The molecule has 1 amide bonds. The molecule has 2 N–H and O–H groups in total. The summed E-state index contributed by atoms with van der Waals surface area (Å²) in [5.41, 5.74) is 2.43. The van der Waals surface area contributed by atoms with E-state index in [1.54, 1.807) is 0 Å². The van der Waals surface area contributed by atoms with E-state index < -0.39 is 11.6 Å². The summed E-state index contributed by atoms with van der Waals surface area (Å²) in [5.74, 6) is -1.62. The average Bonchev–Trinajstić information content (AvgIpc) is 3.13. The fraction of sp³-hybridized carbons (Fsp3) is 0.286. The lowest BCUT2D eigenvalue weighted by Gasteiger charge is -2.27. The summed E-state index contributed by atoms with van der Waals surface area (Å²) in [6.07, 6.45) is 0.848. The highest BCUT2D eigenvalue weighted by atomic mass is 32.1. The SMILES string of the molecule is O=C(CN1CCCN(C(=S)NCC(c2ccccc2)c2ccccc2)CC1)Nc1ccc(F)cc1F. The molecule has 8 heteroatoms. The van der Waals surface area contributed by atoms with Gasteiger partial charge in [0.1, 0.15) is 11.6 Å². The van der Waals surface area contributed by atoms with Crippen LogP contribution in [0.5, 0.6) is 0 Å². The molecule has 1 saturated heterocycles. The first-order valence-electron chi connectivity index (χ1n) is 12.1. The van der Waals surface area contributed by atoms with E-state index in [0.717, 1.165) is 31.6 Å². The Bertz CT molecular complexity index is 1120. The zero-order chi connectivity index (χ0) is 25.3. The number of nitrogens with zero attached hydrogens (tertiary/aromatic N) is 2. The molecular weight excluding hydrogens is 478 g/mol. The van der Waals surface area contributed by atoms with Crippen LogP contribution in [0.2, 0.25) is 0 Å². The second-order valence-corrected chi connectivity index (χ2v) is 9.24. The van der Waals surface area contributed by atoms with Crippen molar-refractivity contribution in [1.82, 2.24) is 15.1 Å². The van der Waals surface area contributed by atoms with E-state index in [4.69, 9.17) is 12.2 Å². The van der Waals surface area contributed by atoms with E-state index in [-0.39, 0.29) is 24.1 Å². The summed E-state index contributed by atoms with van der Waals surface area (Å²) in [7, 11) is 0. The molecule has 3 aromatic rings. The number of carbonyl (C=O) groups excluding carboxylic acids is 1. The first-order chi connectivity index (χ1) is 17.5. The fourth-order valence-corrected chi connectivity index (χ4v) is 4.68. The highest BCUT2D eigenvalue weighted by molar-refractivity contribution is 7.80. The topological polar surface area (TPSA) is 47.6 Å². The summed E-state index contributed by atoms with van der Waals surface area (Å²) >= 11 is 5.74. The van der Waals surface area contributed by atoms with Gasteiger partial charge in [-0.2, -0.15) is 0 Å². The summed E-state index contributed by atoms with van der Waals surface area (Å²) < 4.78 is 26.9. The lowest BCUT2D eigenvalue weighted by atomic mass is 9.91. The maximum Gasteiger partial charge on any atom is 0.238 e. The van der Waals surface area contributed by atoms with Gasteiger partial charge in [0.05, 0.1) is 12.2 Å². The maximum absolute atomic E-state index is 13.8. The Morgan fingerprint density at radius 3 is 2.19 bits per heavy atom. The van der Waals surface area contributed by atoms with Gasteiger partial charge in [0.25, 0.3) is 0 Å². The molecular formula is C28H30F2N4OS. The minimum atomic E-state index is -0.786. The van der Waals surface area contributed by atoms with E-state index in [2.05, 4.69) is 39.8 Å². The van der Waals surface area contributed by atoms with Gasteiger partial charge in [-0.15, -0.1) is 0 Å². The smallest absolute Gasteiger partial charge is 0.238 e. The number of amides is 1. The van der Waals surface area contributed by atoms with E-state index in [0.29, 0.717) is 24.7 Å². The number of hydrogen-bond donors (Lipinski definition) is 2. The van der Waals surface area contributed by atoms with Gasteiger partial charge < -0.3 is 15.5 Å². The van der Waals surface area contributed by atoms with Crippen LogP contribution in [0, 0.1) is 11.6 Å². The summed E-state index contributed by atoms with van der Waals surface area (Å²) in [6, 6.07) is 23.9. The number of halogens is 2. The third kappa shape index (κ3) is 7.08. The van der Waals surface area contributed by atoms with E-state index in [1.807, 2.05) is 41.3 Å². The second kappa shape index (κ2) is 12.6. The predicted molar refractivity (Wildman–Crippen MR) is 143 cm³/mol. The van der Waals surface area contributed by atoms with Crippen LogP contribution in [-0.4, -0.2) is 60.1 Å². The van der Waals surface area contributed by atoms with Gasteiger partial charge in [0.15, 0.2) is 5.11 Å². The fourth-order valence-electron chi connectivity index (χ4n) is 4.42. The molecule has 0 saturated carbocycles. The van der Waals surface area contributed by atoms with Gasteiger partial charge in [-0.05, 0) is 41.9 Å². The number of carbonyl (C=O) groups is 1. The first-order valence-corrected chi connectivity index (χ1v) is 12.5. The number of thiocarbonyl (C=S) groups is 1. The van der Waals surface area contributed by atoms with E-state index >= 15 is 0 Å². The second-order valence-electron chi connectivity index (χ2n) is 8.85. The zero-order valence-corrected chi connectivity index (χ0v) is 20.8. The van der Waals surface area contributed by atoms with Crippen LogP contribution in [0.15, 0.2) is 78.9 Å². The summed E-state index contributed by atoms with van der Waals surface area (Å²) in [6.45, 7) is 3.67. The molecule has 1 aliphatic heterocycles. The molecule has 0 aliphatic carbocycles. The van der Waals surface area contributed by atoms with Crippen LogP contribution in [0.1, 0.15) is 23.5 Å². The van der Waals surface area contributed by atoms with Gasteiger partial charge >= 0.3 is 0 Å². The number of hydrogen-bond acceptors (Lipinski definition) is 3. The lowest BCUT2D eigenvalue weighted by Crippen LogP contribution is -2.43. The summed E-state index contributed by atoms with van der Waals surface area (Å²) in [5, 5.41) is 6.69. The molecule has 0 unspecified atom stereocenters. The zero-order valence-electron chi connectivity index (χ0n) is 20.0. The molecule has 4 rings (SSSR count). The van der Waals surface area contributed by atoms with Gasteiger partial charge in [-0.3, -0.25) is 9.69 Å². The van der Waals surface area contributed by atoms with Gasteiger partial charge in [-0.25, -0.2) is 8.78 Å². The number of nitrogens with one attached hydrogen (secondary N) is 2. The Balaban J connectivity index is 1.29. The monoisotopic (exact) mass is 508 g/mol. The van der Waals surface area contributed by atoms with Crippen molar-refractivity contribution < 1.29 is 13.6 Å². The van der Waals surface area contributed by atoms with Crippen LogP contribution in [0.3, 0.4) is 0 Å². The van der Waals surface area contributed by atoms with E-state index in [9.17, 15) is 13.6 Å². The predicted octanol–water partition coefficient (Wildman–Crippen LogP) is 4.62. The van der Waals surface area contributed by atoms with Crippen LogP contribution < -0.4 is 10.6 Å². The van der Waals surface area contributed by atoms with E-state index in [1.165, 1.54) is 17.2 Å². The Kier molecular flexibility index (Phi) is 8.97. The van der Waals surface area contributed by atoms with Crippen molar-refractivity contribution >= 4 is 28.9 Å². The molecule has 0 atom stereocenters. The van der Waals surface area contributed by atoms with Crippen LogP contribution in [0.25, 0.3) is 0 Å². The van der Waals surface area contributed by atoms with Gasteiger partial charge in [0, 0.05) is 44.7 Å². The molecule has 1 aliphatic rings. The first kappa shape index (κ1) is 25.7. The molecule has 1 heterocycles. The van der Waals surface area contributed by atoms with Crippen molar-refractivity contribution in [3.8, 4) is 0 Å². The van der Waals surface area contributed by atoms with Gasteiger partial charge in [0.2, 0.25) is 5.91 Å². The quantitative estimate of drug-likeness (QED) is 0.456. The third-order valence-electron chi connectivity index (χ3n) is 6.31. The molecule has 1 fully saturated rings. The average molecular weight is 509 g/mol. The van der Waals surface area contributed by atoms with Crippen molar-refractivity contribution in [2.24, 2.45) is 0 Å². The highest BCUT2D eigenvalue weighted by Crippen LogP contribution is 2.24. The maximum atomic E-state index is 13.8. The Labute approximate surface area is 216 Å². The number of anilines is 1. The minimum Gasteiger partial charge on any atom is -0.362 e. The molecule has 0 spiro atoms. The Morgan fingerprint density at radius 2 is 1.56 bits per heavy atom. The Hall–Kier alpha value is -3.36. The van der Waals surface area contributed by atoms with Crippen molar-refractivity contribution in [3.05, 3.63) is 102 Å². The largest absolute Gasteiger partial charge is 0.362 e. The highest BCUT2D eigenvalue weighted by Gasteiger charge is 2.21. The van der Waals surface area contributed by atoms with Crippen LogP contribution in [-0.2, 0) is 4.79 Å². The molecule has 188 valence electrons. The molecule has 0 radical (unpaired) electrons. The van der Waals surface area contributed by atoms with Gasteiger partial charge in [-0.1, -0.05) is 60.7 Å². The Morgan fingerprint density at radius 1 is 0.889 bits per heavy atom. The molecule has 0 aromatic heterocycles. The molecule has 5 nitrogen and oxygen atoms in total. The van der Waals surface area contributed by atoms with Crippen molar-refractivity contribution in [2.45, 2.75) is 12.3 Å². The van der Waals surface area contributed by atoms with Crippen molar-refractivity contribution in [3.63, 3.8) is 0 Å². The molecule has 3 aromatic carbocycles. The summed E-state index contributed by atoms with van der Waals surface area (Å²) in [4.78, 5) is 16.6. The molecule has 36 heavy (non-hydrogen) atoms. The minimum absolute atomic E-state index is 0.0189. The standard InChI is InChI=1S/C28H30F2N4OS/c29-23-12-13-26(25(30)18-23)32-27(35)20-33-14-7-15-34(17-16-33)28(36)31-19-24(21-8-3-1-4-9-21)22-10-5-2-6-11-22/h1-6,8-13,18,24H,7,14-17,19-20H2,(H,31,36)(H,32,35). The van der Waals surface area contributed by atoms with Crippen molar-refractivity contribution in [2.75, 3.05) is 44.6 Å². The normalized spacial score (nSPS) is 14.4. The van der Waals surface area contributed by atoms with Crippen LogP contribution >= 0.6 is 12.2 Å². The third-order valence-corrected chi connectivity index (χ3v) is 6.71. The van der Waals surface area contributed by atoms with Crippen LogP contribution in [0.4, 0.5) is 14.5 Å². The molecule has 0 bridgehead atoms. The number of rotatable bonds is 7. The number of benzene rings is 3. The van der Waals surface area contributed by atoms with Crippen molar-refractivity contribution in [1.29, 1.82) is 0 Å².